The number of hydrogen-bond donors (Lipinski definition) is 1. The van der Waals surface area contributed by atoms with Crippen LogP contribution in [0.15, 0.2) is 0 Å². The molecule has 2 unspecified atom stereocenters. The zero-order valence-corrected chi connectivity index (χ0v) is 10.2. The minimum Gasteiger partial charge on any atom is -0.328 e. The van der Waals surface area contributed by atoms with E-state index in [4.69, 9.17) is 5.73 Å². The third-order valence-electron chi connectivity index (χ3n) is 3.11. The molecule has 0 aliphatic heterocycles. The maximum Gasteiger partial charge on any atom is 0.00843 e. The summed E-state index contributed by atoms with van der Waals surface area (Å²) in [6.07, 6.45) is 3.99. The summed E-state index contributed by atoms with van der Waals surface area (Å²) in [5, 5.41) is 0. The van der Waals surface area contributed by atoms with Gasteiger partial charge in [-0.2, -0.15) is 0 Å². The van der Waals surface area contributed by atoms with Crippen molar-refractivity contribution in [3.05, 3.63) is 0 Å². The molecule has 1 rings (SSSR count). The zero-order chi connectivity index (χ0) is 10.7. The molecule has 0 bridgehead atoms. The van der Waals surface area contributed by atoms with Crippen LogP contribution in [0.5, 0.6) is 0 Å². The van der Waals surface area contributed by atoms with Gasteiger partial charge in [-0.3, -0.25) is 4.90 Å². The van der Waals surface area contributed by atoms with Gasteiger partial charge in [-0.05, 0) is 52.9 Å². The number of nitrogens with zero attached hydrogens (tertiary/aromatic N) is 1. The van der Waals surface area contributed by atoms with Crippen molar-refractivity contribution in [3.8, 4) is 0 Å². The monoisotopic (exact) mass is 198 g/mol. The molecule has 0 aromatic rings. The van der Waals surface area contributed by atoms with Gasteiger partial charge in [0.25, 0.3) is 0 Å². The van der Waals surface area contributed by atoms with E-state index >= 15 is 0 Å². The third kappa shape index (κ3) is 3.97. The first-order valence-electron chi connectivity index (χ1n) is 6.02. The zero-order valence-electron chi connectivity index (χ0n) is 10.2. The van der Waals surface area contributed by atoms with Crippen LogP contribution in [-0.4, -0.2) is 29.6 Å². The lowest BCUT2D eigenvalue weighted by Gasteiger charge is -2.33. The lowest BCUT2D eigenvalue weighted by atomic mass is 10.1. The maximum atomic E-state index is 5.85. The normalized spacial score (nSPS) is 21.6. The van der Waals surface area contributed by atoms with E-state index in [9.17, 15) is 0 Å². The first-order chi connectivity index (χ1) is 6.50. The molecular weight excluding hydrogens is 172 g/mol. The Bertz CT molecular complexity index is 162. The van der Waals surface area contributed by atoms with Gasteiger partial charge < -0.3 is 5.73 Å². The second kappa shape index (κ2) is 5.13. The lowest BCUT2D eigenvalue weighted by molar-refractivity contribution is 0.145. The predicted molar refractivity (Wildman–Crippen MR) is 62.3 cm³/mol. The molecule has 0 heterocycles. The van der Waals surface area contributed by atoms with Crippen molar-refractivity contribution in [2.75, 3.05) is 6.54 Å². The molecule has 0 aromatic heterocycles. The van der Waals surface area contributed by atoms with Gasteiger partial charge >= 0.3 is 0 Å². The van der Waals surface area contributed by atoms with Gasteiger partial charge in [-0.15, -0.1) is 0 Å². The Balaban J connectivity index is 2.38. The van der Waals surface area contributed by atoms with E-state index in [0.29, 0.717) is 18.1 Å². The van der Waals surface area contributed by atoms with E-state index in [0.717, 1.165) is 12.3 Å². The highest BCUT2D eigenvalue weighted by atomic mass is 15.2. The Kier molecular flexibility index (Phi) is 4.39. The fraction of sp³-hybridized carbons (Fsp3) is 1.00. The van der Waals surface area contributed by atoms with Crippen molar-refractivity contribution in [3.63, 3.8) is 0 Å². The summed E-state index contributed by atoms with van der Waals surface area (Å²) in [6.45, 7) is 10.3. The number of hydrogen-bond acceptors (Lipinski definition) is 2. The van der Waals surface area contributed by atoms with E-state index in [1.807, 2.05) is 0 Å². The van der Waals surface area contributed by atoms with Crippen LogP contribution in [0.1, 0.15) is 47.0 Å². The minimum atomic E-state index is 0.324. The fourth-order valence-corrected chi connectivity index (χ4v) is 2.17. The van der Waals surface area contributed by atoms with Crippen LogP contribution in [-0.2, 0) is 0 Å². The van der Waals surface area contributed by atoms with E-state index < -0.39 is 0 Å². The van der Waals surface area contributed by atoms with Crippen molar-refractivity contribution in [1.29, 1.82) is 0 Å². The average molecular weight is 198 g/mol. The molecule has 0 spiro atoms. The van der Waals surface area contributed by atoms with Gasteiger partial charge in [0, 0.05) is 24.7 Å². The SMILES string of the molecule is CC(N)CC(C)N(CC1CC1)C(C)C. The van der Waals surface area contributed by atoms with Crippen LogP contribution < -0.4 is 5.73 Å². The Labute approximate surface area is 88.8 Å². The topological polar surface area (TPSA) is 29.3 Å². The summed E-state index contributed by atoms with van der Waals surface area (Å²) in [6, 6.07) is 1.62. The van der Waals surface area contributed by atoms with E-state index in [1.165, 1.54) is 19.4 Å². The van der Waals surface area contributed by atoms with Gasteiger partial charge in [0.15, 0.2) is 0 Å². The molecule has 1 aliphatic rings. The van der Waals surface area contributed by atoms with Crippen molar-refractivity contribution >= 4 is 0 Å². The Morgan fingerprint density at radius 1 is 1.21 bits per heavy atom. The quantitative estimate of drug-likeness (QED) is 0.709. The Morgan fingerprint density at radius 2 is 1.79 bits per heavy atom. The Hall–Kier alpha value is -0.0800. The molecule has 0 aromatic carbocycles. The van der Waals surface area contributed by atoms with Gasteiger partial charge in [0.1, 0.15) is 0 Å². The third-order valence-corrected chi connectivity index (χ3v) is 3.11. The molecule has 1 fully saturated rings. The highest BCUT2D eigenvalue weighted by molar-refractivity contribution is 4.82. The molecule has 0 radical (unpaired) electrons. The van der Waals surface area contributed by atoms with Crippen molar-refractivity contribution in [1.82, 2.24) is 4.90 Å². The molecule has 1 aliphatic carbocycles. The standard InChI is InChI=1S/C12H26N2/c1-9(2)14(8-12-5-6-12)11(4)7-10(3)13/h9-12H,5-8,13H2,1-4H3. The molecule has 2 N–H and O–H groups in total. The van der Waals surface area contributed by atoms with Crippen LogP contribution >= 0.6 is 0 Å². The van der Waals surface area contributed by atoms with Crippen molar-refractivity contribution < 1.29 is 0 Å². The van der Waals surface area contributed by atoms with Crippen LogP contribution in [0.4, 0.5) is 0 Å². The highest BCUT2D eigenvalue weighted by Gasteiger charge is 2.28. The summed E-state index contributed by atoms with van der Waals surface area (Å²) < 4.78 is 0. The minimum absolute atomic E-state index is 0.324. The first kappa shape index (κ1) is 12.0. The van der Waals surface area contributed by atoms with E-state index in [-0.39, 0.29) is 0 Å². The van der Waals surface area contributed by atoms with Gasteiger partial charge in [-0.1, -0.05) is 0 Å². The molecule has 2 heteroatoms. The molecule has 14 heavy (non-hydrogen) atoms. The first-order valence-corrected chi connectivity index (χ1v) is 6.02. The molecular formula is C12H26N2. The predicted octanol–water partition coefficient (Wildman–Crippen LogP) is 2.23. The second-order valence-electron chi connectivity index (χ2n) is 5.30. The summed E-state index contributed by atoms with van der Waals surface area (Å²) in [5.41, 5.74) is 5.85. The van der Waals surface area contributed by atoms with Gasteiger partial charge in [0.05, 0.1) is 0 Å². The molecule has 1 saturated carbocycles. The number of nitrogens with two attached hydrogens (primary N) is 1. The second-order valence-corrected chi connectivity index (χ2v) is 5.30. The average Bonchev–Trinajstić information content (AvgIpc) is 2.80. The summed E-state index contributed by atoms with van der Waals surface area (Å²) in [4.78, 5) is 2.61. The van der Waals surface area contributed by atoms with Crippen LogP contribution in [0.3, 0.4) is 0 Å². The van der Waals surface area contributed by atoms with E-state index in [1.54, 1.807) is 0 Å². The fourth-order valence-electron chi connectivity index (χ4n) is 2.17. The smallest absolute Gasteiger partial charge is 0.00843 e. The molecule has 2 nitrogen and oxygen atoms in total. The van der Waals surface area contributed by atoms with Crippen LogP contribution in [0.2, 0.25) is 0 Å². The molecule has 84 valence electrons. The Morgan fingerprint density at radius 3 is 2.14 bits per heavy atom. The molecule has 0 saturated heterocycles. The summed E-state index contributed by atoms with van der Waals surface area (Å²) in [7, 11) is 0. The van der Waals surface area contributed by atoms with Crippen molar-refractivity contribution in [2.24, 2.45) is 11.7 Å². The largest absolute Gasteiger partial charge is 0.328 e. The summed E-state index contributed by atoms with van der Waals surface area (Å²) in [5.74, 6) is 0.980. The van der Waals surface area contributed by atoms with Crippen LogP contribution in [0.25, 0.3) is 0 Å². The van der Waals surface area contributed by atoms with E-state index in [2.05, 4.69) is 32.6 Å². The van der Waals surface area contributed by atoms with Crippen molar-refractivity contribution in [2.45, 2.75) is 65.1 Å². The molecule has 0 amide bonds. The van der Waals surface area contributed by atoms with Gasteiger partial charge in [-0.25, -0.2) is 0 Å². The molecule has 2 atom stereocenters. The maximum absolute atomic E-state index is 5.85. The highest BCUT2D eigenvalue weighted by Crippen LogP contribution is 2.31. The number of rotatable bonds is 6. The van der Waals surface area contributed by atoms with Crippen LogP contribution in [0, 0.1) is 5.92 Å². The lowest BCUT2D eigenvalue weighted by Crippen LogP contribution is -2.42. The van der Waals surface area contributed by atoms with Gasteiger partial charge in [0.2, 0.25) is 0 Å². The summed E-state index contributed by atoms with van der Waals surface area (Å²) >= 11 is 0.